The Balaban J connectivity index is 1.38. The largest absolute Gasteiger partial charge is 0.352 e. The van der Waals surface area contributed by atoms with E-state index in [1.54, 1.807) is 6.07 Å². The minimum absolute atomic E-state index is 0.0790. The first-order valence-electron chi connectivity index (χ1n) is 14.0. The second-order valence-electron chi connectivity index (χ2n) is 11.6. The Morgan fingerprint density at radius 2 is 1.88 bits per heavy atom. The molecule has 2 aliphatic carbocycles. The maximum Gasteiger partial charge on any atom is 0.291 e. The molecule has 1 amide bonds. The maximum atomic E-state index is 13.5. The normalized spacial score (nSPS) is 22.0. The van der Waals surface area contributed by atoms with Crippen molar-refractivity contribution in [2.75, 3.05) is 18.0 Å². The number of carbonyl (C=O) groups is 1. The number of piperazine rings is 1. The van der Waals surface area contributed by atoms with Crippen LogP contribution in [-0.2, 0) is 14.8 Å². The number of amides is 1. The zero-order valence-corrected chi connectivity index (χ0v) is 24.9. The topological polar surface area (TPSA) is 150 Å². The van der Waals surface area contributed by atoms with E-state index in [9.17, 15) is 27.3 Å². The van der Waals surface area contributed by atoms with E-state index < -0.39 is 27.0 Å². The maximum absolute atomic E-state index is 13.5. The van der Waals surface area contributed by atoms with E-state index in [2.05, 4.69) is 29.8 Å². The van der Waals surface area contributed by atoms with Gasteiger partial charge in [0.1, 0.15) is 17.7 Å². The number of nitriles is 1. The number of carbonyl (C=O) groups excluding carboxylic acids is 1. The van der Waals surface area contributed by atoms with Crippen molar-refractivity contribution in [2.24, 2.45) is 5.92 Å². The molecule has 7 rings (SSSR count). The number of anilines is 1. The minimum atomic E-state index is -4.09. The SMILES string of the molecule is C[C@@H]1CN(c2ncnc3c2c2ccc(S(=O)(=O)NC4(C#N)CC4)cc2n3-c2nnc(C(F)F)s2)C[C@H](C)N1C(=O)C1CC1. The van der Waals surface area contributed by atoms with Gasteiger partial charge in [0.2, 0.25) is 21.1 Å². The van der Waals surface area contributed by atoms with Crippen molar-refractivity contribution >= 4 is 55.0 Å². The minimum Gasteiger partial charge on any atom is -0.352 e. The second kappa shape index (κ2) is 9.86. The number of aromatic nitrogens is 5. The van der Waals surface area contributed by atoms with Crippen molar-refractivity contribution in [1.82, 2.24) is 34.4 Å². The van der Waals surface area contributed by atoms with Gasteiger partial charge in [0, 0.05) is 36.5 Å². The molecule has 3 fully saturated rings. The van der Waals surface area contributed by atoms with E-state index in [4.69, 9.17) is 0 Å². The predicted octanol–water partition coefficient (Wildman–Crippen LogP) is 3.53. The third-order valence-electron chi connectivity index (χ3n) is 8.31. The first-order valence-corrected chi connectivity index (χ1v) is 16.3. The molecule has 2 saturated carbocycles. The molecule has 0 unspecified atom stereocenters. The molecule has 4 aromatic rings. The molecule has 1 aromatic carbocycles. The summed E-state index contributed by atoms with van der Waals surface area (Å²) in [5, 5.41) is 17.9. The molecule has 0 spiro atoms. The molecule has 0 radical (unpaired) electrons. The van der Waals surface area contributed by atoms with Gasteiger partial charge in [0.25, 0.3) is 6.43 Å². The third-order valence-corrected chi connectivity index (χ3v) is 10.8. The lowest BCUT2D eigenvalue weighted by molar-refractivity contribution is -0.137. The van der Waals surface area contributed by atoms with Crippen molar-refractivity contribution in [2.45, 2.75) is 68.5 Å². The molecule has 2 atom stereocenters. The number of halogens is 2. The fourth-order valence-corrected chi connectivity index (χ4v) is 8.07. The molecular formula is C27H27F2N9O3S2. The zero-order chi connectivity index (χ0) is 30.3. The summed E-state index contributed by atoms with van der Waals surface area (Å²) in [6, 6.07) is 6.38. The van der Waals surface area contributed by atoms with E-state index in [0.717, 1.165) is 12.8 Å². The molecule has 16 heteroatoms. The number of fused-ring (bicyclic) bond motifs is 3. The summed E-state index contributed by atoms with van der Waals surface area (Å²) in [7, 11) is -4.09. The average molecular weight is 628 g/mol. The number of nitrogens with one attached hydrogen (secondary N) is 1. The van der Waals surface area contributed by atoms with E-state index in [0.29, 0.717) is 65.0 Å². The van der Waals surface area contributed by atoms with Crippen LogP contribution in [0.3, 0.4) is 0 Å². The second-order valence-corrected chi connectivity index (χ2v) is 14.2. The van der Waals surface area contributed by atoms with Gasteiger partial charge < -0.3 is 9.80 Å². The average Bonchev–Trinajstić information content (AvgIpc) is 3.88. The molecule has 3 aliphatic rings. The fraction of sp³-hybridized carbons (Fsp3) is 0.481. The molecular weight excluding hydrogens is 600 g/mol. The lowest BCUT2D eigenvalue weighted by Crippen LogP contribution is -2.59. The summed E-state index contributed by atoms with van der Waals surface area (Å²) in [6.45, 7) is 5.05. The molecule has 1 N–H and O–H groups in total. The summed E-state index contributed by atoms with van der Waals surface area (Å²) in [4.78, 5) is 26.1. The lowest BCUT2D eigenvalue weighted by atomic mass is 10.1. The van der Waals surface area contributed by atoms with Gasteiger partial charge >= 0.3 is 0 Å². The predicted molar refractivity (Wildman–Crippen MR) is 153 cm³/mol. The number of benzene rings is 1. The third kappa shape index (κ3) is 4.70. The molecule has 1 aliphatic heterocycles. The molecule has 43 heavy (non-hydrogen) atoms. The highest BCUT2D eigenvalue weighted by Gasteiger charge is 2.47. The van der Waals surface area contributed by atoms with Crippen LogP contribution in [0.25, 0.3) is 27.1 Å². The van der Waals surface area contributed by atoms with Crippen LogP contribution in [-0.4, -0.2) is 74.7 Å². The summed E-state index contributed by atoms with van der Waals surface area (Å²) in [5.74, 6) is 0.870. The van der Waals surface area contributed by atoms with E-state index in [1.165, 1.54) is 23.0 Å². The van der Waals surface area contributed by atoms with Crippen molar-refractivity contribution in [3.8, 4) is 11.2 Å². The quantitative estimate of drug-likeness (QED) is 0.325. The number of alkyl halides is 2. The van der Waals surface area contributed by atoms with Crippen molar-refractivity contribution in [3.05, 3.63) is 29.5 Å². The van der Waals surface area contributed by atoms with Crippen molar-refractivity contribution in [1.29, 1.82) is 5.26 Å². The Labute approximate surface area is 249 Å². The van der Waals surface area contributed by atoms with Crippen molar-refractivity contribution in [3.63, 3.8) is 0 Å². The van der Waals surface area contributed by atoms with Crippen LogP contribution in [0.4, 0.5) is 14.6 Å². The van der Waals surface area contributed by atoms with Gasteiger partial charge in [-0.05, 0) is 51.7 Å². The summed E-state index contributed by atoms with van der Waals surface area (Å²) >= 11 is 0.684. The van der Waals surface area contributed by atoms with Crippen LogP contribution < -0.4 is 9.62 Å². The fourth-order valence-electron chi connectivity index (χ4n) is 5.95. The standard InChI is InChI=1S/C27H27F2N9O3S2/c1-14-10-36(11-15(2)37(14)25(39)16-3-4-16)22-20-18-6-5-17(43(40,41)35-27(12-30)7-8-27)9-19(18)38(23(20)32-13-31-22)26-34-33-24(42-26)21(28)29/h5-6,9,13-16,21,35H,3-4,7-8,10-11H2,1-2H3/t14-,15+. The number of nitrogens with zero attached hydrogens (tertiary/aromatic N) is 8. The summed E-state index contributed by atoms with van der Waals surface area (Å²) in [6.07, 6.45) is 1.23. The lowest BCUT2D eigenvalue weighted by Gasteiger charge is -2.45. The number of hydrogen-bond acceptors (Lipinski definition) is 10. The molecule has 12 nitrogen and oxygen atoms in total. The van der Waals surface area contributed by atoms with Crippen LogP contribution in [0.5, 0.6) is 0 Å². The molecule has 224 valence electrons. The Hall–Kier alpha value is -3.81. The van der Waals surface area contributed by atoms with Crippen LogP contribution >= 0.6 is 11.3 Å². The van der Waals surface area contributed by atoms with Gasteiger partial charge in [-0.25, -0.2) is 27.2 Å². The van der Waals surface area contributed by atoms with Gasteiger partial charge in [-0.2, -0.15) is 9.98 Å². The van der Waals surface area contributed by atoms with E-state index in [1.807, 2.05) is 24.8 Å². The van der Waals surface area contributed by atoms with Gasteiger partial charge in [-0.1, -0.05) is 17.4 Å². The Morgan fingerprint density at radius 1 is 1.16 bits per heavy atom. The van der Waals surface area contributed by atoms with Crippen LogP contribution in [0.2, 0.25) is 0 Å². The smallest absolute Gasteiger partial charge is 0.291 e. The van der Waals surface area contributed by atoms with Gasteiger partial charge in [0.15, 0.2) is 10.7 Å². The molecule has 1 saturated heterocycles. The number of sulfonamides is 1. The van der Waals surface area contributed by atoms with E-state index in [-0.39, 0.29) is 33.9 Å². The first-order chi connectivity index (χ1) is 20.5. The molecule has 4 heterocycles. The van der Waals surface area contributed by atoms with Gasteiger partial charge in [-0.15, -0.1) is 10.2 Å². The number of hydrogen-bond donors (Lipinski definition) is 1. The van der Waals surface area contributed by atoms with Crippen LogP contribution in [0.1, 0.15) is 51.0 Å². The Bertz CT molecular complexity index is 1920. The highest BCUT2D eigenvalue weighted by atomic mass is 32.2. The summed E-state index contributed by atoms with van der Waals surface area (Å²) < 4.78 is 57.7. The first kappa shape index (κ1) is 28.0. The Morgan fingerprint density at radius 3 is 2.49 bits per heavy atom. The zero-order valence-electron chi connectivity index (χ0n) is 23.2. The summed E-state index contributed by atoms with van der Waals surface area (Å²) in [5.41, 5.74) is -0.407. The van der Waals surface area contributed by atoms with Crippen molar-refractivity contribution < 1.29 is 22.0 Å². The van der Waals surface area contributed by atoms with Crippen LogP contribution in [0.15, 0.2) is 29.4 Å². The van der Waals surface area contributed by atoms with Gasteiger partial charge in [-0.3, -0.25) is 9.36 Å². The monoisotopic (exact) mass is 627 g/mol. The van der Waals surface area contributed by atoms with Crippen LogP contribution in [0, 0.1) is 17.2 Å². The van der Waals surface area contributed by atoms with Gasteiger partial charge in [0.05, 0.1) is 21.9 Å². The molecule has 0 bridgehead atoms. The van der Waals surface area contributed by atoms with E-state index >= 15 is 0 Å². The highest BCUT2D eigenvalue weighted by Crippen LogP contribution is 2.41. The highest BCUT2D eigenvalue weighted by molar-refractivity contribution is 7.89. The Kier molecular flexibility index (Phi) is 6.42. The number of rotatable bonds is 7. The molecule has 3 aromatic heterocycles.